The van der Waals surface area contributed by atoms with Gasteiger partial charge in [0.1, 0.15) is 0 Å². The number of fused-ring (bicyclic) bond motifs is 1. The Morgan fingerprint density at radius 2 is 2.00 bits per heavy atom. The Morgan fingerprint density at radius 1 is 1.25 bits per heavy atom. The SMILES string of the molecule is O=C1NC(=O)C2CC=CCC2N1. The Labute approximate surface area is 70.0 Å². The third-order valence-electron chi connectivity index (χ3n) is 2.32. The Hall–Kier alpha value is -1.32. The molecular formula is C8H10N2O2. The van der Waals surface area contributed by atoms with Crippen molar-refractivity contribution in [2.45, 2.75) is 18.9 Å². The molecule has 1 aliphatic carbocycles. The summed E-state index contributed by atoms with van der Waals surface area (Å²) in [4.78, 5) is 22.1. The molecule has 0 aromatic rings. The van der Waals surface area contributed by atoms with Crippen molar-refractivity contribution in [1.82, 2.24) is 10.6 Å². The fourth-order valence-electron chi connectivity index (χ4n) is 1.67. The van der Waals surface area contributed by atoms with Gasteiger partial charge in [-0.05, 0) is 12.8 Å². The summed E-state index contributed by atoms with van der Waals surface area (Å²) in [7, 11) is 0. The molecule has 4 nitrogen and oxygen atoms in total. The molecule has 0 aromatic carbocycles. The summed E-state index contributed by atoms with van der Waals surface area (Å²) in [6.45, 7) is 0. The van der Waals surface area contributed by atoms with Crippen LogP contribution < -0.4 is 10.6 Å². The van der Waals surface area contributed by atoms with Crippen LogP contribution in [0.4, 0.5) is 4.79 Å². The number of amides is 3. The van der Waals surface area contributed by atoms with Gasteiger partial charge < -0.3 is 5.32 Å². The van der Waals surface area contributed by atoms with Gasteiger partial charge in [-0.3, -0.25) is 10.1 Å². The lowest BCUT2D eigenvalue weighted by molar-refractivity contribution is -0.125. The molecule has 1 aliphatic heterocycles. The van der Waals surface area contributed by atoms with Gasteiger partial charge in [0.05, 0.1) is 5.92 Å². The van der Waals surface area contributed by atoms with Crippen molar-refractivity contribution < 1.29 is 9.59 Å². The summed E-state index contributed by atoms with van der Waals surface area (Å²) in [5, 5.41) is 4.98. The van der Waals surface area contributed by atoms with Crippen LogP contribution in [0.3, 0.4) is 0 Å². The molecule has 2 N–H and O–H groups in total. The highest BCUT2D eigenvalue weighted by molar-refractivity contribution is 5.98. The van der Waals surface area contributed by atoms with Crippen LogP contribution in [0.2, 0.25) is 0 Å². The van der Waals surface area contributed by atoms with Crippen molar-refractivity contribution in [3.8, 4) is 0 Å². The van der Waals surface area contributed by atoms with Crippen molar-refractivity contribution in [3.05, 3.63) is 12.2 Å². The van der Waals surface area contributed by atoms with E-state index in [0.29, 0.717) is 0 Å². The van der Waals surface area contributed by atoms with E-state index in [4.69, 9.17) is 0 Å². The lowest BCUT2D eigenvalue weighted by Crippen LogP contribution is -2.58. The lowest BCUT2D eigenvalue weighted by atomic mass is 9.87. The van der Waals surface area contributed by atoms with Gasteiger partial charge in [0.2, 0.25) is 5.91 Å². The molecule has 2 unspecified atom stereocenters. The molecule has 1 saturated heterocycles. The normalized spacial score (nSPS) is 33.7. The third kappa shape index (κ3) is 1.09. The monoisotopic (exact) mass is 166 g/mol. The van der Waals surface area contributed by atoms with E-state index in [2.05, 4.69) is 10.6 Å². The van der Waals surface area contributed by atoms with Crippen LogP contribution in [0.25, 0.3) is 0 Å². The molecule has 3 amide bonds. The molecule has 0 radical (unpaired) electrons. The Kier molecular flexibility index (Phi) is 1.60. The topological polar surface area (TPSA) is 58.2 Å². The summed E-state index contributed by atoms with van der Waals surface area (Å²) in [6.07, 6.45) is 5.48. The standard InChI is InChI=1S/C8H10N2O2/c11-7-5-3-1-2-4-6(5)9-8(12)10-7/h1-2,5-6H,3-4H2,(H2,9,10,11,12). The van der Waals surface area contributed by atoms with Gasteiger partial charge in [0, 0.05) is 6.04 Å². The first-order valence-corrected chi connectivity index (χ1v) is 4.04. The molecule has 0 spiro atoms. The molecule has 64 valence electrons. The van der Waals surface area contributed by atoms with Gasteiger partial charge in [-0.25, -0.2) is 4.79 Å². The van der Waals surface area contributed by atoms with Crippen LogP contribution in [0.1, 0.15) is 12.8 Å². The highest BCUT2D eigenvalue weighted by atomic mass is 16.2. The third-order valence-corrected chi connectivity index (χ3v) is 2.32. The van der Waals surface area contributed by atoms with Gasteiger partial charge in [-0.2, -0.15) is 0 Å². The summed E-state index contributed by atoms with van der Waals surface area (Å²) >= 11 is 0. The van der Waals surface area contributed by atoms with E-state index in [1.807, 2.05) is 12.2 Å². The van der Waals surface area contributed by atoms with Gasteiger partial charge in [-0.15, -0.1) is 0 Å². The quantitative estimate of drug-likeness (QED) is 0.504. The molecule has 1 fully saturated rings. The molecule has 2 rings (SSSR count). The first kappa shape index (κ1) is 7.34. The summed E-state index contributed by atoms with van der Waals surface area (Å²) in [6, 6.07) is -0.354. The number of carbonyl (C=O) groups excluding carboxylic acids is 2. The minimum Gasteiger partial charge on any atom is -0.334 e. The number of nitrogens with one attached hydrogen (secondary N) is 2. The Morgan fingerprint density at radius 3 is 2.83 bits per heavy atom. The average Bonchev–Trinajstić information content (AvgIpc) is 2.04. The second-order valence-corrected chi connectivity index (χ2v) is 3.12. The molecule has 4 heteroatoms. The van der Waals surface area contributed by atoms with E-state index >= 15 is 0 Å². The molecule has 2 aliphatic rings. The van der Waals surface area contributed by atoms with Crippen LogP contribution in [0, 0.1) is 5.92 Å². The van der Waals surface area contributed by atoms with E-state index in [1.54, 1.807) is 0 Å². The molecule has 2 atom stereocenters. The first-order chi connectivity index (χ1) is 5.77. The van der Waals surface area contributed by atoms with Gasteiger partial charge >= 0.3 is 6.03 Å². The predicted molar refractivity (Wildman–Crippen MR) is 42.3 cm³/mol. The van der Waals surface area contributed by atoms with Gasteiger partial charge in [0.15, 0.2) is 0 Å². The predicted octanol–water partition coefficient (Wildman–Crippen LogP) is 0.161. The lowest BCUT2D eigenvalue weighted by Gasteiger charge is -2.32. The fourth-order valence-corrected chi connectivity index (χ4v) is 1.67. The van der Waals surface area contributed by atoms with Crippen molar-refractivity contribution in [3.63, 3.8) is 0 Å². The van der Waals surface area contributed by atoms with Crippen LogP contribution in [-0.4, -0.2) is 18.0 Å². The molecular weight excluding hydrogens is 156 g/mol. The zero-order valence-electron chi connectivity index (χ0n) is 6.54. The average molecular weight is 166 g/mol. The zero-order chi connectivity index (χ0) is 8.55. The fraction of sp³-hybridized carbons (Fsp3) is 0.500. The maximum atomic E-state index is 11.2. The van der Waals surface area contributed by atoms with Crippen LogP contribution >= 0.6 is 0 Å². The summed E-state index contributed by atoms with van der Waals surface area (Å²) < 4.78 is 0. The smallest absolute Gasteiger partial charge is 0.321 e. The van der Waals surface area contributed by atoms with Crippen molar-refractivity contribution in [1.29, 1.82) is 0 Å². The largest absolute Gasteiger partial charge is 0.334 e. The maximum Gasteiger partial charge on any atom is 0.321 e. The number of imide groups is 1. The number of hydrogen-bond donors (Lipinski definition) is 2. The van der Waals surface area contributed by atoms with E-state index in [-0.39, 0.29) is 23.9 Å². The van der Waals surface area contributed by atoms with Gasteiger partial charge in [0.25, 0.3) is 0 Å². The van der Waals surface area contributed by atoms with E-state index in [1.165, 1.54) is 0 Å². The van der Waals surface area contributed by atoms with E-state index < -0.39 is 0 Å². The number of rotatable bonds is 0. The summed E-state index contributed by atoms with van der Waals surface area (Å²) in [5.41, 5.74) is 0. The van der Waals surface area contributed by atoms with Crippen molar-refractivity contribution >= 4 is 11.9 Å². The number of hydrogen-bond acceptors (Lipinski definition) is 2. The molecule has 0 saturated carbocycles. The second kappa shape index (κ2) is 2.62. The molecule has 1 heterocycles. The highest BCUT2D eigenvalue weighted by Crippen LogP contribution is 2.21. The van der Waals surface area contributed by atoms with E-state index in [0.717, 1.165) is 12.8 Å². The maximum absolute atomic E-state index is 11.2. The number of allylic oxidation sites excluding steroid dienone is 1. The van der Waals surface area contributed by atoms with Crippen LogP contribution in [0.5, 0.6) is 0 Å². The van der Waals surface area contributed by atoms with Crippen molar-refractivity contribution in [2.75, 3.05) is 0 Å². The number of carbonyl (C=O) groups is 2. The molecule has 0 aromatic heterocycles. The Balaban J connectivity index is 2.18. The van der Waals surface area contributed by atoms with E-state index in [9.17, 15) is 9.59 Å². The van der Waals surface area contributed by atoms with Crippen LogP contribution in [-0.2, 0) is 4.79 Å². The summed E-state index contributed by atoms with van der Waals surface area (Å²) in [5.74, 6) is -0.208. The second-order valence-electron chi connectivity index (χ2n) is 3.12. The van der Waals surface area contributed by atoms with Gasteiger partial charge in [-0.1, -0.05) is 12.2 Å². The Bertz CT molecular complexity index is 260. The highest BCUT2D eigenvalue weighted by Gasteiger charge is 2.34. The number of urea groups is 1. The minimum absolute atomic E-state index is 0.0104. The zero-order valence-corrected chi connectivity index (χ0v) is 6.54. The van der Waals surface area contributed by atoms with Crippen molar-refractivity contribution in [2.24, 2.45) is 5.92 Å². The first-order valence-electron chi connectivity index (χ1n) is 4.04. The molecule has 12 heavy (non-hydrogen) atoms. The van der Waals surface area contributed by atoms with Crippen LogP contribution in [0.15, 0.2) is 12.2 Å². The molecule has 0 bridgehead atoms. The minimum atomic E-state index is -0.364.